The highest BCUT2D eigenvalue weighted by atomic mass is 35.5. The zero-order chi connectivity index (χ0) is 33.1. The van der Waals surface area contributed by atoms with Crippen LogP contribution in [0.2, 0.25) is 5.02 Å². The van der Waals surface area contributed by atoms with Crippen LogP contribution in [0.25, 0.3) is 11.1 Å². The van der Waals surface area contributed by atoms with E-state index >= 15 is 0 Å². The molecule has 3 aromatic carbocycles. The van der Waals surface area contributed by atoms with Crippen molar-refractivity contribution in [3.05, 3.63) is 94.0 Å². The van der Waals surface area contributed by atoms with Gasteiger partial charge in [0.2, 0.25) is 0 Å². The zero-order valence-electron chi connectivity index (χ0n) is 27.2. The number of hydrogen-bond donors (Lipinski definition) is 4. The van der Waals surface area contributed by atoms with Crippen LogP contribution in [0.1, 0.15) is 73.5 Å². The van der Waals surface area contributed by atoms with Crippen LogP contribution in [0.3, 0.4) is 0 Å². The van der Waals surface area contributed by atoms with Gasteiger partial charge in [0, 0.05) is 54.8 Å². The van der Waals surface area contributed by atoms with E-state index in [2.05, 4.69) is 29.7 Å². The zero-order valence-corrected chi connectivity index (χ0v) is 28.0. The molecule has 8 nitrogen and oxygen atoms in total. The average molecular weight is 650 g/mol. The first-order valence-electron chi connectivity index (χ1n) is 16.4. The SMILES string of the molecule is CCc1cccc(-c2c(Cl)cccc2C(O)(CCCNC(=O)O)C2CCCN(C(=O)c3ccc(CNCCOC(C)C)cc3)C2)c1. The standard InChI is InChI=1S/C37H48ClN3O5/c1-4-27-9-5-10-30(23-27)34-32(12-6-13-33(34)38)37(45,18-8-19-40-36(43)44)31-11-7-21-41(25-31)35(42)29-16-14-28(15-17-29)24-39-20-22-46-26(2)3/h5-6,9-10,12-17,23,26,31,39-40,45H,4,7-8,11,18-22,24-25H2,1-3H3,(H,43,44). The number of likely N-dealkylation sites (tertiary alicyclic amines) is 1. The van der Waals surface area contributed by atoms with Crippen molar-refractivity contribution in [2.24, 2.45) is 5.92 Å². The van der Waals surface area contributed by atoms with Crippen molar-refractivity contribution < 1.29 is 24.5 Å². The van der Waals surface area contributed by atoms with Gasteiger partial charge in [-0.05, 0) is 86.4 Å². The predicted molar refractivity (Wildman–Crippen MR) is 183 cm³/mol. The molecule has 1 heterocycles. The third-order valence-corrected chi connectivity index (χ3v) is 9.07. The largest absolute Gasteiger partial charge is 0.465 e. The number of carboxylic acid groups (broad SMARTS) is 1. The molecule has 0 aromatic heterocycles. The fourth-order valence-corrected chi connectivity index (χ4v) is 6.62. The fraction of sp³-hybridized carbons (Fsp3) is 0.459. The molecular formula is C37H48ClN3O5. The molecule has 1 aliphatic rings. The minimum absolute atomic E-state index is 0.0635. The highest BCUT2D eigenvalue weighted by Gasteiger charge is 2.43. The molecule has 0 bridgehead atoms. The van der Waals surface area contributed by atoms with E-state index in [0.29, 0.717) is 55.2 Å². The number of ether oxygens (including phenoxy) is 1. The summed E-state index contributed by atoms with van der Waals surface area (Å²) in [6.07, 6.45) is 2.17. The van der Waals surface area contributed by atoms with E-state index in [1.165, 1.54) is 0 Å². The lowest BCUT2D eigenvalue weighted by atomic mass is 9.72. The number of carbonyl (C=O) groups excluding carboxylic acids is 1. The van der Waals surface area contributed by atoms with Crippen LogP contribution in [0.5, 0.6) is 0 Å². The van der Waals surface area contributed by atoms with Crippen molar-refractivity contribution >= 4 is 23.6 Å². The monoisotopic (exact) mass is 649 g/mol. The van der Waals surface area contributed by atoms with Gasteiger partial charge in [-0.25, -0.2) is 4.79 Å². The quantitative estimate of drug-likeness (QED) is 0.134. The molecule has 4 rings (SSSR count). The number of carbonyl (C=O) groups is 2. The Kier molecular flexibility index (Phi) is 13.0. The second kappa shape index (κ2) is 16.9. The molecule has 3 aromatic rings. The summed E-state index contributed by atoms with van der Waals surface area (Å²) in [5.74, 6) is -0.343. The van der Waals surface area contributed by atoms with E-state index in [0.717, 1.165) is 48.1 Å². The maximum Gasteiger partial charge on any atom is 0.404 e. The summed E-state index contributed by atoms with van der Waals surface area (Å²) < 4.78 is 5.58. The Morgan fingerprint density at radius 2 is 1.83 bits per heavy atom. The predicted octanol–water partition coefficient (Wildman–Crippen LogP) is 6.87. The topological polar surface area (TPSA) is 111 Å². The molecule has 2 amide bonds. The van der Waals surface area contributed by atoms with Gasteiger partial charge in [-0.3, -0.25) is 4.79 Å². The molecule has 0 spiro atoms. The Hall–Kier alpha value is -3.43. The van der Waals surface area contributed by atoms with Gasteiger partial charge in [-0.15, -0.1) is 0 Å². The fourth-order valence-electron chi connectivity index (χ4n) is 6.34. The number of rotatable bonds is 15. The maximum atomic E-state index is 13.7. The molecule has 2 unspecified atom stereocenters. The molecule has 0 aliphatic carbocycles. The summed E-state index contributed by atoms with van der Waals surface area (Å²) in [4.78, 5) is 26.8. The first-order valence-corrected chi connectivity index (χ1v) is 16.8. The number of nitrogens with zero attached hydrogens (tertiary/aromatic N) is 1. The summed E-state index contributed by atoms with van der Waals surface area (Å²) in [6.45, 7) is 9.41. The minimum Gasteiger partial charge on any atom is -0.465 e. The van der Waals surface area contributed by atoms with Crippen LogP contribution in [-0.2, 0) is 23.3 Å². The molecule has 1 saturated heterocycles. The van der Waals surface area contributed by atoms with Crippen LogP contribution in [0.15, 0.2) is 66.7 Å². The van der Waals surface area contributed by atoms with Gasteiger partial charge in [0.15, 0.2) is 0 Å². The smallest absolute Gasteiger partial charge is 0.404 e. The lowest BCUT2D eigenvalue weighted by molar-refractivity contribution is -0.0563. The molecule has 1 fully saturated rings. The average Bonchev–Trinajstić information content (AvgIpc) is 3.06. The summed E-state index contributed by atoms with van der Waals surface area (Å²) in [7, 11) is 0. The van der Waals surface area contributed by atoms with Gasteiger partial charge in [0.1, 0.15) is 0 Å². The second-order valence-corrected chi connectivity index (χ2v) is 12.8. The minimum atomic E-state index is -1.35. The van der Waals surface area contributed by atoms with Crippen LogP contribution in [0.4, 0.5) is 4.79 Å². The van der Waals surface area contributed by atoms with Crippen molar-refractivity contribution in [1.82, 2.24) is 15.5 Å². The van der Waals surface area contributed by atoms with Crippen molar-refractivity contribution in [2.45, 2.75) is 71.1 Å². The van der Waals surface area contributed by atoms with Crippen LogP contribution < -0.4 is 10.6 Å². The van der Waals surface area contributed by atoms with Gasteiger partial charge >= 0.3 is 6.09 Å². The third-order valence-electron chi connectivity index (χ3n) is 8.76. The molecule has 4 N–H and O–H groups in total. The number of aryl methyl sites for hydroxylation is 1. The van der Waals surface area contributed by atoms with Gasteiger partial charge in [-0.2, -0.15) is 0 Å². The molecule has 1 aliphatic heterocycles. The molecule has 0 saturated carbocycles. The Balaban J connectivity index is 1.57. The van der Waals surface area contributed by atoms with E-state index in [1.807, 2.05) is 73.3 Å². The Labute approximate surface area is 278 Å². The number of amides is 2. The van der Waals surface area contributed by atoms with E-state index in [-0.39, 0.29) is 24.5 Å². The summed E-state index contributed by atoms with van der Waals surface area (Å²) in [5, 5.41) is 28.2. The second-order valence-electron chi connectivity index (χ2n) is 12.4. The molecule has 46 heavy (non-hydrogen) atoms. The first kappa shape index (κ1) is 35.4. The van der Waals surface area contributed by atoms with Crippen molar-refractivity contribution in [1.29, 1.82) is 0 Å². The van der Waals surface area contributed by atoms with Gasteiger partial charge in [-0.1, -0.05) is 67.1 Å². The highest BCUT2D eigenvalue weighted by molar-refractivity contribution is 6.33. The molecule has 2 atom stereocenters. The van der Waals surface area contributed by atoms with Gasteiger partial charge < -0.3 is 30.5 Å². The van der Waals surface area contributed by atoms with E-state index in [1.54, 1.807) is 0 Å². The van der Waals surface area contributed by atoms with Crippen LogP contribution >= 0.6 is 11.6 Å². The molecule has 9 heteroatoms. The Morgan fingerprint density at radius 3 is 2.54 bits per heavy atom. The molecule has 0 radical (unpaired) electrons. The van der Waals surface area contributed by atoms with Crippen molar-refractivity contribution in [3.63, 3.8) is 0 Å². The lowest BCUT2D eigenvalue weighted by Gasteiger charge is -2.44. The number of nitrogens with one attached hydrogen (secondary N) is 2. The number of piperidine rings is 1. The number of halogens is 1. The van der Waals surface area contributed by atoms with Crippen molar-refractivity contribution in [3.8, 4) is 11.1 Å². The maximum absolute atomic E-state index is 13.7. The Bertz CT molecular complexity index is 1450. The number of aliphatic hydroxyl groups is 1. The van der Waals surface area contributed by atoms with Crippen LogP contribution in [0, 0.1) is 5.92 Å². The van der Waals surface area contributed by atoms with E-state index < -0.39 is 11.7 Å². The number of hydrogen-bond acceptors (Lipinski definition) is 5. The summed E-state index contributed by atoms with van der Waals surface area (Å²) in [6, 6.07) is 21.5. The summed E-state index contributed by atoms with van der Waals surface area (Å²) >= 11 is 6.86. The molecular weight excluding hydrogens is 602 g/mol. The first-order chi connectivity index (χ1) is 22.1. The third kappa shape index (κ3) is 9.32. The van der Waals surface area contributed by atoms with E-state index in [9.17, 15) is 14.7 Å². The Morgan fingerprint density at radius 1 is 1.07 bits per heavy atom. The molecule has 248 valence electrons. The highest BCUT2D eigenvalue weighted by Crippen LogP contribution is 2.45. The summed E-state index contributed by atoms with van der Waals surface area (Å²) in [5.41, 5.74) is 3.91. The number of benzene rings is 3. The van der Waals surface area contributed by atoms with Gasteiger partial charge in [0.25, 0.3) is 5.91 Å². The van der Waals surface area contributed by atoms with Crippen LogP contribution in [-0.4, -0.2) is 66.0 Å². The van der Waals surface area contributed by atoms with Crippen molar-refractivity contribution in [2.75, 3.05) is 32.8 Å². The normalized spacial score (nSPS) is 16.3. The van der Waals surface area contributed by atoms with Gasteiger partial charge in [0.05, 0.1) is 18.3 Å². The lowest BCUT2D eigenvalue weighted by Crippen LogP contribution is -2.48. The van der Waals surface area contributed by atoms with E-state index in [4.69, 9.17) is 21.4 Å².